The maximum Gasteiger partial charge on any atom is 0.347 e. The van der Waals surface area contributed by atoms with Gasteiger partial charge in [0.2, 0.25) is 0 Å². The van der Waals surface area contributed by atoms with Gasteiger partial charge in [-0.1, -0.05) is 11.6 Å². The van der Waals surface area contributed by atoms with E-state index in [-0.39, 0.29) is 4.88 Å². The minimum atomic E-state index is -0.963. The number of carboxylic acids is 1. The molecule has 0 aliphatic carbocycles. The summed E-state index contributed by atoms with van der Waals surface area (Å²) in [7, 11) is 0. The number of halogens is 1. The molecule has 2 rings (SSSR count). The Morgan fingerprint density at radius 2 is 2.25 bits per heavy atom. The van der Waals surface area contributed by atoms with Gasteiger partial charge in [0.15, 0.2) is 0 Å². The van der Waals surface area contributed by atoms with Gasteiger partial charge in [0.05, 0.1) is 16.4 Å². The Bertz CT molecular complexity index is 536. The SMILES string of the molecule is Cc1nc(-c2ccc(Cl)cn2)sc1C(=O)O. The van der Waals surface area contributed by atoms with Crippen molar-refractivity contribution in [3.8, 4) is 10.7 Å². The molecule has 0 aliphatic rings. The van der Waals surface area contributed by atoms with E-state index in [1.54, 1.807) is 19.1 Å². The van der Waals surface area contributed by atoms with Crippen molar-refractivity contribution in [2.45, 2.75) is 6.92 Å². The molecule has 0 spiro atoms. The zero-order valence-electron chi connectivity index (χ0n) is 8.27. The minimum Gasteiger partial charge on any atom is -0.477 e. The zero-order valence-corrected chi connectivity index (χ0v) is 9.84. The van der Waals surface area contributed by atoms with E-state index in [0.29, 0.717) is 21.4 Å². The Kier molecular flexibility index (Phi) is 2.89. The van der Waals surface area contributed by atoms with Gasteiger partial charge in [0.1, 0.15) is 9.88 Å². The van der Waals surface area contributed by atoms with E-state index in [1.807, 2.05) is 0 Å². The van der Waals surface area contributed by atoms with Crippen LogP contribution in [-0.4, -0.2) is 21.0 Å². The molecule has 0 fully saturated rings. The molecular weight excluding hydrogens is 248 g/mol. The average Bonchev–Trinajstić information content (AvgIpc) is 2.61. The highest BCUT2D eigenvalue weighted by Gasteiger charge is 2.15. The molecule has 2 heterocycles. The van der Waals surface area contributed by atoms with Crippen LogP contribution in [0.3, 0.4) is 0 Å². The molecule has 0 saturated carbocycles. The van der Waals surface area contributed by atoms with Crippen molar-refractivity contribution in [2.75, 3.05) is 0 Å². The molecule has 2 aromatic heterocycles. The van der Waals surface area contributed by atoms with E-state index in [4.69, 9.17) is 16.7 Å². The largest absolute Gasteiger partial charge is 0.477 e. The van der Waals surface area contributed by atoms with Crippen LogP contribution < -0.4 is 0 Å². The number of nitrogens with zero attached hydrogens (tertiary/aromatic N) is 2. The molecule has 1 N–H and O–H groups in total. The van der Waals surface area contributed by atoms with Crippen molar-refractivity contribution in [3.05, 3.63) is 33.9 Å². The van der Waals surface area contributed by atoms with E-state index < -0.39 is 5.97 Å². The normalized spacial score (nSPS) is 10.4. The second-order valence-electron chi connectivity index (χ2n) is 3.10. The first-order valence-electron chi connectivity index (χ1n) is 4.40. The summed E-state index contributed by atoms with van der Waals surface area (Å²) < 4.78 is 0. The predicted octanol–water partition coefficient (Wildman–Crippen LogP) is 2.87. The number of rotatable bonds is 2. The summed E-state index contributed by atoms with van der Waals surface area (Å²) in [6.45, 7) is 1.67. The molecule has 0 bridgehead atoms. The first-order valence-corrected chi connectivity index (χ1v) is 5.60. The fourth-order valence-corrected chi connectivity index (χ4v) is 2.20. The summed E-state index contributed by atoms with van der Waals surface area (Å²) in [5.74, 6) is -0.963. The Balaban J connectivity index is 2.45. The molecular formula is C10H7ClN2O2S. The summed E-state index contributed by atoms with van der Waals surface area (Å²) in [4.78, 5) is 19.3. The number of aryl methyl sites for hydroxylation is 1. The quantitative estimate of drug-likeness (QED) is 0.895. The lowest BCUT2D eigenvalue weighted by atomic mass is 10.3. The lowest BCUT2D eigenvalue weighted by Crippen LogP contribution is -1.94. The number of thiazole rings is 1. The number of carboxylic acid groups (broad SMARTS) is 1. The van der Waals surface area contributed by atoms with Gasteiger partial charge in [0.25, 0.3) is 0 Å². The maximum atomic E-state index is 10.8. The lowest BCUT2D eigenvalue weighted by Gasteiger charge is -1.93. The highest BCUT2D eigenvalue weighted by atomic mass is 35.5. The fraction of sp³-hybridized carbons (Fsp3) is 0.100. The van der Waals surface area contributed by atoms with Crippen LogP contribution in [0.5, 0.6) is 0 Å². The summed E-state index contributed by atoms with van der Waals surface area (Å²) in [6.07, 6.45) is 1.51. The van der Waals surface area contributed by atoms with Gasteiger partial charge in [-0.3, -0.25) is 4.98 Å². The highest BCUT2D eigenvalue weighted by molar-refractivity contribution is 7.17. The van der Waals surface area contributed by atoms with E-state index in [2.05, 4.69) is 9.97 Å². The topological polar surface area (TPSA) is 63.1 Å². The van der Waals surface area contributed by atoms with Crippen molar-refractivity contribution in [3.63, 3.8) is 0 Å². The monoisotopic (exact) mass is 254 g/mol. The van der Waals surface area contributed by atoms with E-state index >= 15 is 0 Å². The van der Waals surface area contributed by atoms with Gasteiger partial charge >= 0.3 is 5.97 Å². The number of aromatic carboxylic acids is 1. The number of hydrogen-bond donors (Lipinski definition) is 1. The molecule has 6 heteroatoms. The van der Waals surface area contributed by atoms with Crippen LogP contribution >= 0.6 is 22.9 Å². The van der Waals surface area contributed by atoms with E-state index in [1.165, 1.54) is 6.20 Å². The van der Waals surface area contributed by atoms with Crippen LogP contribution in [0.15, 0.2) is 18.3 Å². The Hall–Kier alpha value is -1.46. The lowest BCUT2D eigenvalue weighted by molar-refractivity contribution is 0.0701. The van der Waals surface area contributed by atoms with Crippen LogP contribution in [0.1, 0.15) is 15.4 Å². The Labute approximate surface area is 101 Å². The van der Waals surface area contributed by atoms with Crippen LogP contribution in [0.2, 0.25) is 5.02 Å². The van der Waals surface area contributed by atoms with E-state index in [0.717, 1.165) is 11.3 Å². The van der Waals surface area contributed by atoms with Gasteiger partial charge < -0.3 is 5.11 Å². The molecule has 0 aromatic carbocycles. The highest BCUT2D eigenvalue weighted by Crippen LogP contribution is 2.26. The van der Waals surface area contributed by atoms with Crippen molar-refractivity contribution in [1.82, 2.24) is 9.97 Å². The van der Waals surface area contributed by atoms with Crippen molar-refractivity contribution in [1.29, 1.82) is 0 Å². The third kappa shape index (κ3) is 2.05. The molecule has 0 amide bonds. The van der Waals surface area contributed by atoms with Crippen molar-refractivity contribution in [2.24, 2.45) is 0 Å². The van der Waals surface area contributed by atoms with E-state index in [9.17, 15) is 4.79 Å². The molecule has 0 atom stereocenters. The molecule has 0 radical (unpaired) electrons. The summed E-state index contributed by atoms with van der Waals surface area (Å²) in [6, 6.07) is 3.41. The summed E-state index contributed by atoms with van der Waals surface area (Å²) >= 11 is 6.82. The molecule has 4 nitrogen and oxygen atoms in total. The second kappa shape index (κ2) is 4.19. The number of hydrogen-bond acceptors (Lipinski definition) is 4. The smallest absolute Gasteiger partial charge is 0.347 e. The van der Waals surface area contributed by atoms with Crippen LogP contribution in [-0.2, 0) is 0 Å². The van der Waals surface area contributed by atoms with Crippen LogP contribution in [0.25, 0.3) is 10.7 Å². The second-order valence-corrected chi connectivity index (χ2v) is 4.54. The predicted molar refractivity (Wildman–Crippen MR) is 62.1 cm³/mol. The minimum absolute atomic E-state index is 0.242. The van der Waals surface area contributed by atoms with Crippen LogP contribution in [0.4, 0.5) is 0 Å². The molecule has 0 unspecified atom stereocenters. The first-order chi connectivity index (χ1) is 7.58. The summed E-state index contributed by atoms with van der Waals surface area (Å²) in [5.41, 5.74) is 1.13. The van der Waals surface area contributed by atoms with Gasteiger partial charge in [-0.25, -0.2) is 9.78 Å². The zero-order chi connectivity index (χ0) is 11.7. The third-order valence-electron chi connectivity index (χ3n) is 1.94. The molecule has 16 heavy (non-hydrogen) atoms. The maximum absolute atomic E-state index is 10.8. The molecule has 82 valence electrons. The number of pyridine rings is 1. The molecule has 2 aromatic rings. The van der Waals surface area contributed by atoms with Crippen molar-refractivity contribution < 1.29 is 9.90 Å². The standard InChI is InChI=1S/C10H7ClN2O2S/c1-5-8(10(14)15)16-9(13-5)7-3-2-6(11)4-12-7/h2-4H,1H3,(H,14,15). The third-order valence-corrected chi connectivity index (χ3v) is 3.33. The Morgan fingerprint density at radius 3 is 2.75 bits per heavy atom. The number of carbonyl (C=O) groups is 1. The number of aromatic nitrogens is 2. The van der Waals surface area contributed by atoms with Crippen LogP contribution in [0, 0.1) is 6.92 Å². The van der Waals surface area contributed by atoms with Gasteiger partial charge in [0, 0.05) is 6.20 Å². The van der Waals surface area contributed by atoms with Gasteiger partial charge in [-0.05, 0) is 19.1 Å². The van der Waals surface area contributed by atoms with Gasteiger partial charge in [-0.15, -0.1) is 11.3 Å². The molecule has 0 aliphatic heterocycles. The first kappa shape index (κ1) is 11.0. The fourth-order valence-electron chi connectivity index (χ4n) is 1.21. The Morgan fingerprint density at radius 1 is 1.50 bits per heavy atom. The van der Waals surface area contributed by atoms with Crippen molar-refractivity contribution >= 4 is 28.9 Å². The molecule has 0 saturated heterocycles. The van der Waals surface area contributed by atoms with Gasteiger partial charge in [-0.2, -0.15) is 0 Å². The summed E-state index contributed by atoms with van der Waals surface area (Å²) in [5, 5.41) is 10.0. The average molecular weight is 255 g/mol.